The Morgan fingerprint density at radius 1 is 1.21 bits per heavy atom. The standard InChI is InChI=1S/C13H12ClN5/c1-8(9-5-3-2-4-6-9)19-7-16-10-11(14)17-13(15)18-12(10)19/h2-8H,1H3,(H2,15,17,18). The van der Waals surface area contributed by atoms with Crippen molar-refractivity contribution in [2.24, 2.45) is 0 Å². The van der Waals surface area contributed by atoms with Crippen LogP contribution in [0.15, 0.2) is 36.7 Å². The van der Waals surface area contributed by atoms with Crippen molar-refractivity contribution < 1.29 is 0 Å². The number of halogens is 1. The van der Waals surface area contributed by atoms with Gasteiger partial charge in [-0.05, 0) is 12.5 Å². The molecule has 0 radical (unpaired) electrons. The van der Waals surface area contributed by atoms with E-state index in [1.54, 1.807) is 6.33 Å². The molecular formula is C13H12ClN5. The lowest BCUT2D eigenvalue weighted by molar-refractivity contribution is 0.652. The Morgan fingerprint density at radius 3 is 2.68 bits per heavy atom. The van der Waals surface area contributed by atoms with Gasteiger partial charge in [0.1, 0.15) is 5.52 Å². The number of fused-ring (bicyclic) bond motifs is 1. The molecule has 0 spiro atoms. The molecule has 0 bridgehead atoms. The van der Waals surface area contributed by atoms with Gasteiger partial charge in [0.25, 0.3) is 0 Å². The molecule has 19 heavy (non-hydrogen) atoms. The van der Waals surface area contributed by atoms with Gasteiger partial charge in [0.15, 0.2) is 10.8 Å². The van der Waals surface area contributed by atoms with Crippen LogP contribution >= 0.6 is 11.6 Å². The van der Waals surface area contributed by atoms with Gasteiger partial charge in [-0.1, -0.05) is 41.9 Å². The SMILES string of the molecule is CC(c1ccccc1)n1cnc2c(Cl)nc(N)nc21. The Balaban J connectivity index is 2.16. The van der Waals surface area contributed by atoms with Crippen molar-refractivity contribution in [1.82, 2.24) is 19.5 Å². The summed E-state index contributed by atoms with van der Waals surface area (Å²) in [6.07, 6.45) is 1.71. The first-order chi connectivity index (χ1) is 9.16. The average molecular weight is 274 g/mol. The molecule has 3 rings (SSSR count). The van der Waals surface area contributed by atoms with Crippen LogP contribution < -0.4 is 5.73 Å². The number of imidazole rings is 1. The third kappa shape index (κ3) is 2.02. The van der Waals surface area contributed by atoms with Crippen LogP contribution in [0.5, 0.6) is 0 Å². The summed E-state index contributed by atoms with van der Waals surface area (Å²) in [6, 6.07) is 10.2. The number of benzene rings is 1. The summed E-state index contributed by atoms with van der Waals surface area (Å²) >= 11 is 6.02. The second kappa shape index (κ2) is 4.51. The topological polar surface area (TPSA) is 69.6 Å². The molecule has 1 unspecified atom stereocenters. The average Bonchev–Trinajstić information content (AvgIpc) is 2.83. The van der Waals surface area contributed by atoms with E-state index in [9.17, 15) is 0 Å². The molecule has 0 aliphatic rings. The smallest absolute Gasteiger partial charge is 0.223 e. The van der Waals surface area contributed by atoms with Gasteiger partial charge < -0.3 is 10.3 Å². The Morgan fingerprint density at radius 2 is 1.95 bits per heavy atom. The molecule has 2 aromatic heterocycles. The minimum Gasteiger partial charge on any atom is -0.368 e. The van der Waals surface area contributed by atoms with Crippen molar-refractivity contribution in [2.45, 2.75) is 13.0 Å². The lowest BCUT2D eigenvalue weighted by Crippen LogP contribution is -2.07. The minimum absolute atomic E-state index is 0.0940. The van der Waals surface area contributed by atoms with E-state index in [0.717, 1.165) is 5.56 Å². The maximum atomic E-state index is 6.02. The molecule has 1 atom stereocenters. The van der Waals surface area contributed by atoms with Crippen molar-refractivity contribution in [3.63, 3.8) is 0 Å². The van der Waals surface area contributed by atoms with Gasteiger partial charge in [0.05, 0.1) is 12.4 Å². The van der Waals surface area contributed by atoms with Crippen LogP contribution in [0.25, 0.3) is 11.2 Å². The van der Waals surface area contributed by atoms with Crippen LogP contribution in [0.1, 0.15) is 18.5 Å². The predicted octanol–water partition coefficient (Wildman–Crippen LogP) is 2.67. The molecule has 6 heteroatoms. The molecule has 0 aliphatic carbocycles. The predicted molar refractivity (Wildman–Crippen MR) is 75.0 cm³/mol. The van der Waals surface area contributed by atoms with Crippen molar-refractivity contribution in [1.29, 1.82) is 0 Å². The van der Waals surface area contributed by atoms with Gasteiger partial charge >= 0.3 is 0 Å². The maximum absolute atomic E-state index is 6.02. The van der Waals surface area contributed by atoms with E-state index in [-0.39, 0.29) is 17.1 Å². The zero-order valence-corrected chi connectivity index (χ0v) is 11.0. The first-order valence-corrected chi connectivity index (χ1v) is 6.25. The zero-order chi connectivity index (χ0) is 13.4. The highest BCUT2D eigenvalue weighted by atomic mass is 35.5. The van der Waals surface area contributed by atoms with Crippen LogP contribution in [-0.4, -0.2) is 19.5 Å². The van der Waals surface area contributed by atoms with Gasteiger partial charge in [-0.3, -0.25) is 0 Å². The normalized spacial score (nSPS) is 12.7. The van der Waals surface area contributed by atoms with Crippen molar-refractivity contribution in [2.75, 3.05) is 5.73 Å². The van der Waals surface area contributed by atoms with E-state index in [2.05, 4.69) is 34.0 Å². The van der Waals surface area contributed by atoms with E-state index in [0.29, 0.717) is 11.2 Å². The van der Waals surface area contributed by atoms with E-state index in [1.807, 2.05) is 22.8 Å². The number of hydrogen-bond acceptors (Lipinski definition) is 4. The summed E-state index contributed by atoms with van der Waals surface area (Å²) in [4.78, 5) is 12.4. The molecule has 0 fully saturated rings. The molecule has 0 saturated carbocycles. The summed E-state index contributed by atoms with van der Waals surface area (Å²) in [5.74, 6) is 0.152. The molecule has 2 N–H and O–H groups in total. The summed E-state index contributed by atoms with van der Waals surface area (Å²) in [7, 11) is 0. The summed E-state index contributed by atoms with van der Waals surface area (Å²) in [5, 5.41) is 0.279. The third-order valence-electron chi connectivity index (χ3n) is 3.10. The van der Waals surface area contributed by atoms with Crippen LogP contribution in [0.2, 0.25) is 5.15 Å². The highest BCUT2D eigenvalue weighted by Crippen LogP contribution is 2.25. The highest BCUT2D eigenvalue weighted by Gasteiger charge is 2.15. The number of nitrogens with zero attached hydrogens (tertiary/aromatic N) is 4. The minimum atomic E-state index is 0.0940. The monoisotopic (exact) mass is 273 g/mol. The zero-order valence-electron chi connectivity index (χ0n) is 10.3. The van der Waals surface area contributed by atoms with Crippen LogP contribution in [-0.2, 0) is 0 Å². The fourth-order valence-electron chi connectivity index (χ4n) is 2.07. The second-order valence-electron chi connectivity index (χ2n) is 4.28. The Hall–Kier alpha value is -2.14. The Bertz CT molecular complexity index is 722. The van der Waals surface area contributed by atoms with E-state index in [4.69, 9.17) is 17.3 Å². The summed E-state index contributed by atoms with van der Waals surface area (Å²) in [6.45, 7) is 2.07. The third-order valence-corrected chi connectivity index (χ3v) is 3.36. The maximum Gasteiger partial charge on any atom is 0.223 e. The van der Waals surface area contributed by atoms with Gasteiger partial charge in [-0.15, -0.1) is 0 Å². The van der Waals surface area contributed by atoms with E-state index >= 15 is 0 Å². The molecule has 96 valence electrons. The highest BCUT2D eigenvalue weighted by molar-refractivity contribution is 6.33. The van der Waals surface area contributed by atoms with Crippen molar-refractivity contribution >= 4 is 28.7 Å². The number of aromatic nitrogens is 4. The number of nitrogen functional groups attached to an aromatic ring is 1. The second-order valence-corrected chi connectivity index (χ2v) is 4.64. The lowest BCUT2D eigenvalue weighted by Gasteiger charge is -2.14. The molecule has 3 aromatic rings. The van der Waals surface area contributed by atoms with Gasteiger partial charge in [0, 0.05) is 0 Å². The number of nitrogens with two attached hydrogens (primary N) is 1. The van der Waals surface area contributed by atoms with Gasteiger partial charge in [-0.2, -0.15) is 9.97 Å². The number of anilines is 1. The summed E-state index contributed by atoms with van der Waals surface area (Å²) < 4.78 is 1.94. The Kier molecular flexibility index (Phi) is 2.83. The molecule has 5 nitrogen and oxygen atoms in total. The fourth-order valence-corrected chi connectivity index (χ4v) is 2.29. The molecule has 1 aromatic carbocycles. The molecule has 2 heterocycles. The number of rotatable bonds is 2. The van der Waals surface area contributed by atoms with Crippen LogP contribution in [0, 0.1) is 0 Å². The largest absolute Gasteiger partial charge is 0.368 e. The van der Waals surface area contributed by atoms with Crippen molar-refractivity contribution in [3.05, 3.63) is 47.4 Å². The first-order valence-electron chi connectivity index (χ1n) is 5.87. The number of hydrogen-bond donors (Lipinski definition) is 1. The van der Waals surface area contributed by atoms with Crippen molar-refractivity contribution in [3.8, 4) is 0 Å². The van der Waals surface area contributed by atoms with Crippen LogP contribution in [0.4, 0.5) is 5.95 Å². The molecule has 0 aliphatic heterocycles. The van der Waals surface area contributed by atoms with Gasteiger partial charge in [0.2, 0.25) is 5.95 Å². The fraction of sp³-hybridized carbons (Fsp3) is 0.154. The van der Waals surface area contributed by atoms with Gasteiger partial charge in [-0.25, -0.2) is 4.98 Å². The quantitative estimate of drug-likeness (QED) is 0.729. The molecule has 0 saturated heterocycles. The lowest BCUT2D eigenvalue weighted by atomic mass is 10.1. The Labute approximate surface area is 115 Å². The first kappa shape index (κ1) is 11.9. The van der Waals surface area contributed by atoms with E-state index < -0.39 is 0 Å². The summed E-state index contributed by atoms with van der Waals surface area (Å²) in [5.41, 5.74) is 8.02. The molecule has 0 amide bonds. The molecular weight excluding hydrogens is 262 g/mol. The van der Waals surface area contributed by atoms with Crippen LogP contribution in [0.3, 0.4) is 0 Å². The van der Waals surface area contributed by atoms with E-state index in [1.165, 1.54) is 0 Å².